The second-order valence-corrected chi connectivity index (χ2v) is 2.12. The van der Waals surface area contributed by atoms with E-state index in [4.69, 9.17) is 11.6 Å². The summed E-state index contributed by atoms with van der Waals surface area (Å²) in [5.41, 5.74) is 5.15. The molecular formula is C3H11ClN4S. The molecule has 0 radical (unpaired) electrons. The van der Waals surface area contributed by atoms with Crippen molar-refractivity contribution in [2.75, 3.05) is 5.75 Å². The fourth-order valence-corrected chi connectivity index (χ4v) is 0.517. The Morgan fingerprint density at radius 3 is 2.67 bits per heavy atom. The highest BCUT2D eigenvalue weighted by Gasteiger charge is 1.83. The van der Waals surface area contributed by atoms with Crippen LogP contribution in [0.3, 0.4) is 0 Å². The van der Waals surface area contributed by atoms with Crippen LogP contribution in [-0.2, 0) is 0 Å². The van der Waals surface area contributed by atoms with Crippen LogP contribution in [0.2, 0.25) is 0 Å². The molecule has 0 aromatic heterocycles. The van der Waals surface area contributed by atoms with Crippen molar-refractivity contribution in [3.05, 3.63) is 0 Å². The van der Waals surface area contributed by atoms with Crippen molar-refractivity contribution in [1.29, 1.82) is 0 Å². The number of guanidine groups is 1. The fourth-order valence-electron chi connectivity index (χ4n) is 0.172. The van der Waals surface area contributed by atoms with E-state index in [1.54, 1.807) is 0 Å². The molecule has 0 bridgehead atoms. The van der Waals surface area contributed by atoms with Crippen molar-refractivity contribution in [3.63, 3.8) is 0 Å². The molecule has 0 atom stereocenters. The van der Waals surface area contributed by atoms with E-state index in [0.29, 0.717) is 0 Å². The number of hydrogen-bond donors (Lipinski definition) is 3. The molecule has 0 aromatic carbocycles. The van der Waals surface area contributed by atoms with Crippen LogP contribution < -0.4 is 16.3 Å². The highest BCUT2D eigenvalue weighted by atomic mass is 35.5. The maximum Gasteiger partial charge on any atom is 0.220 e. The lowest BCUT2D eigenvalue weighted by Gasteiger charge is -1.97. The van der Waals surface area contributed by atoms with E-state index in [1.807, 2.05) is 6.92 Å². The van der Waals surface area contributed by atoms with Gasteiger partial charge in [-0.05, 0) is 0 Å². The molecular weight excluding hydrogens is 160 g/mol. The Labute approximate surface area is 65.0 Å². The highest BCUT2D eigenvalue weighted by molar-refractivity contribution is 7.97. The van der Waals surface area contributed by atoms with E-state index < -0.39 is 0 Å². The highest BCUT2D eigenvalue weighted by Crippen LogP contribution is 1.86. The fraction of sp³-hybridized carbons (Fsp3) is 0.667. The third-order valence-corrected chi connectivity index (χ3v) is 1.10. The average Bonchev–Trinajstić information content (AvgIpc) is 1.83. The minimum atomic E-state index is 0. The first-order chi connectivity index (χ1) is 3.81. The topological polar surface area (TPSA) is 76.4 Å². The molecule has 0 rings (SSSR count). The first-order valence-corrected chi connectivity index (χ1v) is 3.21. The lowest BCUT2D eigenvalue weighted by molar-refractivity contribution is 1.19. The Kier molecular flexibility index (Phi) is 9.85. The van der Waals surface area contributed by atoms with Gasteiger partial charge in [-0.2, -0.15) is 0 Å². The number of nitrogens with zero attached hydrogens (tertiary/aromatic N) is 1. The van der Waals surface area contributed by atoms with Gasteiger partial charge >= 0.3 is 0 Å². The first kappa shape index (κ1) is 11.5. The van der Waals surface area contributed by atoms with Crippen LogP contribution in [0.15, 0.2) is 5.10 Å². The Hall–Kier alpha value is -0.290. The third kappa shape index (κ3) is 7.71. The van der Waals surface area contributed by atoms with E-state index in [0.717, 1.165) is 5.75 Å². The number of nitrogens with one attached hydrogen (secondary N) is 1. The van der Waals surface area contributed by atoms with Crippen LogP contribution in [-0.4, -0.2) is 11.7 Å². The lowest BCUT2D eigenvalue weighted by Crippen LogP contribution is -2.27. The van der Waals surface area contributed by atoms with E-state index in [-0.39, 0.29) is 18.4 Å². The van der Waals surface area contributed by atoms with E-state index >= 15 is 0 Å². The van der Waals surface area contributed by atoms with Gasteiger partial charge in [0, 0.05) is 5.75 Å². The summed E-state index contributed by atoms with van der Waals surface area (Å²) in [4.78, 5) is 0. The predicted molar refractivity (Wildman–Crippen MR) is 44.3 cm³/mol. The largest absolute Gasteiger partial charge is 0.368 e. The van der Waals surface area contributed by atoms with Gasteiger partial charge in [-0.1, -0.05) is 18.9 Å². The van der Waals surface area contributed by atoms with Crippen molar-refractivity contribution in [3.8, 4) is 0 Å². The third-order valence-electron chi connectivity index (χ3n) is 0.460. The van der Waals surface area contributed by atoms with Gasteiger partial charge in [-0.15, -0.1) is 17.5 Å². The van der Waals surface area contributed by atoms with Crippen molar-refractivity contribution >= 4 is 30.3 Å². The Balaban J connectivity index is 0. The van der Waals surface area contributed by atoms with Crippen LogP contribution in [0.4, 0.5) is 0 Å². The van der Waals surface area contributed by atoms with Gasteiger partial charge in [0.1, 0.15) is 0 Å². The van der Waals surface area contributed by atoms with Crippen molar-refractivity contribution in [2.45, 2.75) is 6.92 Å². The second kappa shape index (κ2) is 7.71. The molecule has 4 nitrogen and oxygen atoms in total. The summed E-state index contributed by atoms with van der Waals surface area (Å²) in [6.45, 7) is 2.00. The summed E-state index contributed by atoms with van der Waals surface area (Å²) < 4.78 is 2.70. The molecule has 0 aliphatic rings. The molecule has 0 amide bonds. The SMILES string of the molecule is CCSNC(N)=NN.Cl. The molecule has 5 N–H and O–H groups in total. The van der Waals surface area contributed by atoms with Gasteiger partial charge in [0.2, 0.25) is 5.96 Å². The smallest absolute Gasteiger partial charge is 0.220 e. The van der Waals surface area contributed by atoms with Gasteiger partial charge in [0.25, 0.3) is 0 Å². The summed E-state index contributed by atoms with van der Waals surface area (Å²) in [6, 6.07) is 0. The molecule has 0 aliphatic carbocycles. The van der Waals surface area contributed by atoms with Crippen LogP contribution in [0, 0.1) is 0 Å². The minimum absolute atomic E-state index is 0. The zero-order valence-corrected chi connectivity index (χ0v) is 6.76. The van der Waals surface area contributed by atoms with Crippen LogP contribution >= 0.6 is 24.4 Å². The molecule has 0 spiro atoms. The monoisotopic (exact) mass is 170 g/mol. The molecule has 6 heteroatoms. The number of hydrogen-bond acceptors (Lipinski definition) is 3. The molecule has 0 unspecified atom stereocenters. The molecule has 9 heavy (non-hydrogen) atoms. The predicted octanol–water partition coefficient (Wildman–Crippen LogP) is -0.146. The number of halogens is 1. The summed E-state index contributed by atoms with van der Waals surface area (Å²) in [6.07, 6.45) is 0. The van der Waals surface area contributed by atoms with Crippen LogP contribution in [0.25, 0.3) is 0 Å². The number of rotatable bonds is 2. The van der Waals surface area contributed by atoms with Crippen LogP contribution in [0.1, 0.15) is 6.92 Å². The Morgan fingerprint density at radius 2 is 2.33 bits per heavy atom. The summed E-state index contributed by atoms with van der Waals surface area (Å²) in [5, 5.41) is 3.19. The number of nitrogens with two attached hydrogens (primary N) is 2. The molecule has 0 aromatic rings. The molecule has 0 saturated carbocycles. The van der Waals surface area contributed by atoms with Gasteiger partial charge in [0.05, 0.1) is 0 Å². The van der Waals surface area contributed by atoms with Crippen molar-refractivity contribution < 1.29 is 0 Å². The second-order valence-electron chi connectivity index (χ2n) is 1.05. The number of hydrazone groups is 1. The van der Waals surface area contributed by atoms with E-state index in [9.17, 15) is 0 Å². The van der Waals surface area contributed by atoms with Crippen LogP contribution in [0.5, 0.6) is 0 Å². The van der Waals surface area contributed by atoms with Crippen molar-refractivity contribution in [2.24, 2.45) is 16.7 Å². The quantitative estimate of drug-likeness (QED) is 0.177. The summed E-state index contributed by atoms with van der Waals surface area (Å²) >= 11 is 1.45. The molecule has 0 fully saturated rings. The van der Waals surface area contributed by atoms with E-state index in [2.05, 4.69) is 9.82 Å². The van der Waals surface area contributed by atoms with Crippen molar-refractivity contribution in [1.82, 2.24) is 4.72 Å². The Morgan fingerprint density at radius 1 is 1.78 bits per heavy atom. The Bertz CT molecular complexity index is 85.9. The lowest BCUT2D eigenvalue weighted by atomic mass is 11.0. The summed E-state index contributed by atoms with van der Waals surface area (Å²) in [5.74, 6) is 6.00. The molecule has 56 valence electrons. The zero-order valence-electron chi connectivity index (χ0n) is 5.13. The van der Waals surface area contributed by atoms with Gasteiger partial charge < -0.3 is 11.6 Å². The van der Waals surface area contributed by atoms with E-state index in [1.165, 1.54) is 11.9 Å². The van der Waals surface area contributed by atoms with Gasteiger partial charge in [0.15, 0.2) is 0 Å². The molecule has 0 heterocycles. The van der Waals surface area contributed by atoms with Gasteiger partial charge in [-0.25, -0.2) is 0 Å². The standard InChI is InChI=1S/C3H10N4S.ClH/c1-2-8-7-3(4)6-5;/h2,5H2,1H3,(H3,4,6,7);1H. The molecule has 0 saturated heterocycles. The maximum absolute atomic E-state index is 5.15. The van der Waals surface area contributed by atoms with Gasteiger partial charge in [-0.3, -0.25) is 4.72 Å². The average molecular weight is 171 g/mol. The maximum atomic E-state index is 5.15. The molecule has 0 aliphatic heterocycles. The first-order valence-electron chi connectivity index (χ1n) is 2.22. The summed E-state index contributed by atoms with van der Waals surface area (Å²) in [7, 11) is 0. The zero-order chi connectivity index (χ0) is 6.41. The normalized spacial score (nSPS) is 10.1. The minimum Gasteiger partial charge on any atom is -0.368 e.